The highest BCUT2D eigenvalue weighted by Crippen LogP contribution is 2.04. The molecule has 0 fully saturated rings. The number of amides is 2. The number of carbonyl (C=O) groups excluding carboxylic acids is 2. The van der Waals surface area contributed by atoms with Crippen LogP contribution in [0.3, 0.4) is 0 Å². The molecule has 0 radical (unpaired) electrons. The highest BCUT2D eigenvalue weighted by Gasteiger charge is 2.21. The van der Waals surface area contributed by atoms with Gasteiger partial charge in [-0.1, -0.05) is 6.92 Å². The van der Waals surface area contributed by atoms with Crippen molar-refractivity contribution < 1.29 is 24.2 Å². The van der Waals surface area contributed by atoms with Gasteiger partial charge in [-0.25, -0.2) is 9.59 Å². The van der Waals surface area contributed by atoms with Crippen LogP contribution in [-0.2, 0) is 14.3 Å². The summed E-state index contributed by atoms with van der Waals surface area (Å²) in [5.74, 6) is 0.271. The van der Waals surface area contributed by atoms with Crippen LogP contribution >= 0.6 is 11.8 Å². The third-order valence-corrected chi connectivity index (χ3v) is 3.68. The predicted octanol–water partition coefficient (Wildman–Crippen LogP) is 1.22. The summed E-state index contributed by atoms with van der Waals surface area (Å²) in [6.07, 6.45) is 0.748. The van der Waals surface area contributed by atoms with E-state index in [9.17, 15) is 14.4 Å². The number of nitrogens with one attached hydrogen (secondary N) is 2. The zero-order valence-electron chi connectivity index (χ0n) is 12.7. The second kappa shape index (κ2) is 11.2. The van der Waals surface area contributed by atoms with E-state index in [1.165, 1.54) is 7.11 Å². The molecule has 0 aromatic rings. The van der Waals surface area contributed by atoms with Crippen molar-refractivity contribution in [2.45, 2.75) is 45.2 Å². The minimum Gasteiger partial charge on any atom is -0.480 e. The molecular weight excluding hydrogens is 296 g/mol. The van der Waals surface area contributed by atoms with E-state index in [-0.39, 0.29) is 18.9 Å². The van der Waals surface area contributed by atoms with Crippen molar-refractivity contribution in [3.63, 3.8) is 0 Å². The Morgan fingerprint density at radius 1 is 1.24 bits per heavy atom. The maximum atomic E-state index is 11.7. The number of carbonyl (C=O) groups is 3. The monoisotopic (exact) mass is 320 g/mol. The number of esters is 1. The predicted molar refractivity (Wildman–Crippen MR) is 81.4 cm³/mol. The molecule has 0 rings (SSSR count). The summed E-state index contributed by atoms with van der Waals surface area (Å²) >= 11 is 1.78. The Morgan fingerprint density at radius 3 is 2.43 bits per heavy atom. The van der Waals surface area contributed by atoms with E-state index in [4.69, 9.17) is 5.11 Å². The molecule has 8 heteroatoms. The molecule has 3 N–H and O–H groups in total. The molecule has 0 aromatic carbocycles. The number of methoxy groups -OCH3 is 1. The van der Waals surface area contributed by atoms with Crippen LogP contribution in [0.2, 0.25) is 0 Å². The normalized spacial score (nSPS) is 13.1. The van der Waals surface area contributed by atoms with E-state index < -0.39 is 24.0 Å². The van der Waals surface area contributed by atoms with E-state index >= 15 is 0 Å². The Balaban J connectivity index is 4.16. The second-order valence-corrected chi connectivity index (χ2v) is 5.90. The quantitative estimate of drug-likeness (QED) is 0.413. The highest BCUT2D eigenvalue weighted by atomic mass is 32.2. The first-order valence-electron chi connectivity index (χ1n) is 6.85. The van der Waals surface area contributed by atoms with Crippen molar-refractivity contribution in [3.05, 3.63) is 0 Å². The second-order valence-electron chi connectivity index (χ2n) is 4.51. The largest absolute Gasteiger partial charge is 0.480 e. The van der Waals surface area contributed by atoms with Gasteiger partial charge in [0.25, 0.3) is 0 Å². The minimum absolute atomic E-state index is 0.00447. The number of hydrogen-bond acceptors (Lipinski definition) is 5. The number of rotatable bonds is 10. The third-order valence-electron chi connectivity index (χ3n) is 2.75. The van der Waals surface area contributed by atoms with E-state index in [2.05, 4.69) is 22.3 Å². The number of carboxylic acid groups (broad SMARTS) is 1. The SMILES string of the molecule is CCSCCC(C)NC(=O)N[C@@H](CCC(=O)OC)C(=O)O. The van der Waals surface area contributed by atoms with Crippen molar-refractivity contribution in [2.24, 2.45) is 0 Å². The number of urea groups is 1. The van der Waals surface area contributed by atoms with Crippen molar-refractivity contribution in [2.75, 3.05) is 18.6 Å². The Hall–Kier alpha value is -1.44. The van der Waals surface area contributed by atoms with Gasteiger partial charge in [0.05, 0.1) is 7.11 Å². The summed E-state index contributed by atoms with van der Waals surface area (Å²) in [6, 6.07) is -1.69. The molecule has 0 heterocycles. The first kappa shape index (κ1) is 19.6. The molecule has 0 aliphatic heterocycles. The Bertz CT molecular complexity index is 351. The van der Waals surface area contributed by atoms with Gasteiger partial charge in [-0.2, -0.15) is 11.8 Å². The van der Waals surface area contributed by atoms with Crippen LogP contribution in [0.1, 0.15) is 33.1 Å². The smallest absolute Gasteiger partial charge is 0.326 e. The lowest BCUT2D eigenvalue weighted by Crippen LogP contribution is -2.48. The lowest BCUT2D eigenvalue weighted by atomic mass is 10.1. The molecule has 0 saturated heterocycles. The lowest BCUT2D eigenvalue weighted by molar-refractivity contribution is -0.142. The molecule has 0 aromatic heterocycles. The third kappa shape index (κ3) is 10.0. The fourth-order valence-corrected chi connectivity index (χ4v) is 2.33. The topological polar surface area (TPSA) is 105 Å². The van der Waals surface area contributed by atoms with Gasteiger partial charge < -0.3 is 20.5 Å². The van der Waals surface area contributed by atoms with E-state index in [0.29, 0.717) is 0 Å². The van der Waals surface area contributed by atoms with E-state index in [1.54, 1.807) is 11.8 Å². The molecular formula is C13H24N2O5S. The van der Waals surface area contributed by atoms with Gasteiger partial charge in [0.1, 0.15) is 6.04 Å². The zero-order valence-corrected chi connectivity index (χ0v) is 13.5. The molecule has 0 aliphatic rings. The van der Waals surface area contributed by atoms with Gasteiger partial charge in [0.2, 0.25) is 0 Å². The van der Waals surface area contributed by atoms with Crippen molar-refractivity contribution in [1.82, 2.24) is 10.6 Å². The van der Waals surface area contributed by atoms with Gasteiger partial charge in [-0.15, -0.1) is 0 Å². The molecule has 0 saturated carbocycles. The molecule has 0 aliphatic carbocycles. The Morgan fingerprint density at radius 2 is 1.90 bits per heavy atom. The molecule has 122 valence electrons. The van der Waals surface area contributed by atoms with Crippen molar-refractivity contribution >= 4 is 29.7 Å². The average Bonchev–Trinajstić information content (AvgIpc) is 2.42. The fourth-order valence-electron chi connectivity index (χ4n) is 1.52. The minimum atomic E-state index is -1.18. The van der Waals surface area contributed by atoms with Gasteiger partial charge in [-0.3, -0.25) is 4.79 Å². The fraction of sp³-hybridized carbons (Fsp3) is 0.769. The van der Waals surface area contributed by atoms with E-state index in [1.807, 2.05) is 6.92 Å². The molecule has 2 atom stereocenters. The van der Waals surface area contributed by atoms with Crippen molar-refractivity contribution in [3.8, 4) is 0 Å². The number of carboxylic acids is 1. The van der Waals surface area contributed by atoms with Crippen LogP contribution in [0, 0.1) is 0 Å². The van der Waals surface area contributed by atoms with Crippen LogP contribution in [0.25, 0.3) is 0 Å². The maximum absolute atomic E-state index is 11.7. The molecule has 1 unspecified atom stereocenters. The standard InChI is InChI=1S/C13H24N2O5S/c1-4-21-8-7-9(2)14-13(19)15-10(12(17)18)5-6-11(16)20-3/h9-10H,4-8H2,1-3H3,(H,17,18)(H2,14,15,19)/t9?,10-/m0/s1. The summed E-state index contributed by atoms with van der Waals surface area (Å²) in [6.45, 7) is 3.92. The summed E-state index contributed by atoms with van der Waals surface area (Å²) in [7, 11) is 1.23. The van der Waals surface area contributed by atoms with Gasteiger partial charge >= 0.3 is 18.0 Å². The molecule has 7 nitrogen and oxygen atoms in total. The maximum Gasteiger partial charge on any atom is 0.326 e. The van der Waals surface area contributed by atoms with Crippen LogP contribution in [-0.4, -0.2) is 53.8 Å². The molecule has 21 heavy (non-hydrogen) atoms. The average molecular weight is 320 g/mol. The molecule has 0 spiro atoms. The summed E-state index contributed by atoms with van der Waals surface area (Å²) in [4.78, 5) is 33.7. The molecule has 2 amide bonds. The van der Waals surface area contributed by atoms with Gasteiger partial charge in [-0.05, 0) is 31.3 Å². The Labute approximate surface area is 129 Å². The van der Waals surface area contributed by atoms with Gasteiger partial charge in [0.15, 0.2) is 0 Å². The first-order chi connectivity index (χ1) is 9.90. The number of aliphatic carboxylic acids is 1. The summed E-state index contributed by atoms with van der Waals surface area (Å²) in [5.41, 5.74) is 0. The van der Waals surface area contributed by atoms with Crippen LogP contribution in [0.4, 0.5) is 4.79 Å². The van der Waals surface area contributed by atoms with Gasteiger partial charge in [0, 0.05) is 12.5 Å². The van der Waals surface area contributed by atoms with Crippen LogP contribution in [0.15, 0.2) is 0 Å². The lowest BCUT2D eigenvalue weighted by Gasteiger charge is -2.18. The first-order valence-corrected chi connectivity index (χ1v) is 8.00. The summed E-state index contributed by atoms with van der Waals surface area (Å²) in [5, 5.41) is 14.1. The highest BCUT2D eigenvalue weighted by molar-refractivity contribution is 7.99. The zero-order chi connectivity index (χ0) is 16.3. The molecule has 0 bridgehead atoms. The van der Waals surface area contributed by atoms with Crippen molar-refractivity contribution in [1.29, 1.82) is 0 Å². The number of ether oxygens (including phenoxy) is 1. The number of thioether (sulfide) groups is 1. The van der Waals surface area contributed by atoms with Crippen LogP contribution in [0.5, 0.6) is 0 Å². The van der Waals surface area contributed by atoms with Crippen LogP contribution < -0.4 is 10.6 Å². The number of hydrogen-bond donors (Lipinski definition) is 3. The summed E-state index contributed by atoms with van der Waals surface area (Å²) < 4.78 is 4.44. The Kier molecular flexibility index (Phi) is 10.5. The van der Waals surface area contributed by atoms with E-state index in [0.717, 1.165) is 17.9 Å².